The van der Waals surface area contributed by atoms with Gasteiger partial charge in [-0.05, 0) is 25.5 Å². The summed E-state index contributed by atoms with van der Waals surface area (Å²) >= 11 is 0. The van der Waals surface area contributed by atoms with E-state index in [1.54, 1.807) is 6.07 Å². The van der Waals surface area contributed by atoms with Gasteiger partial charge in [-0.25, -0.2) is 9.97 Å². The van der Waals surface area contributed by atoms with Crippen LogP contribution in [0.2, 0.25) is 0 Å². The Hall–Kier alpha value is -3.41. The number of primary amides is 1. The Morgan fingerprint density at radius 1 is 1.32 bits per heavy atom. The normalized spacial score (nSPS) is 25.7. The molecule has 11 heteroatoms. The van der Waals surface area contributed by atoms with Crippen LogP contribution in [0.4, 0.5) is 11.6 Å². The topological polar surface area (TPSA) is 185 Å². The van der Waals surface area contributed by atoms with E-state index in [4.69, 9.17) is 26.7 Å². The molecule has 1 aliphatic rings. The third-order valence-corrected chi connectivity index (χ3v) is 5.58. The summed E-state index contributed by atoms with van der Waals surface area (Å²) in [5.74, 6) is -0.307. The molecule has 4 atom stereocenters. The van der Waals surface area contributed by atoms with Crippen molar-refractivity contribution < 1.29 is 24.5 Å². The fourth-order valence-corrected chi connectivity index (χ4v) is 3.90. The standard InChI is InChI=1S/C20H24N6O5/c1-9-5-3-4-6-10(9)30-7-11-14(27)20(2,29)19(31-11)26-16(22)13(17(23)28)12-15(21)24-8-25-18(12)26/h3-6,8,11,14,19,27,29H,7,22H2,1-2H3,(H2,23,28)(H2,21,24,25)/t11-,14-,19-,20-/m1/s1. The van der Waals surface area contributed by atoms with Gasteiger partial charge in [0.05, 0.1) is 10.9 Å². The van der Waals surface area contributed by atoms with Crippen molar-refractivity contribution in [2.75, 3.05) is 18.1 Å². The fourth-order valence-electron chi connectivity index (χ4n) is 3.90. The minimum atomic E-state index is -1.80. The number of amides is 1. The highest BCUT2D eigenvalue weighted by Gasteiger charge is 2.54. The van der Waals surface area contributed by atoms with Crippen LogP contribution in [0.5, 0.6) is 5.75 Å². The van der Waals surface area contributed by atoms with E-state index in [1.807, 2.05) is 25.1 Å². The van der Waals surface area contributed by atoms with Crippen LogP contribution < -0.4 is 21.9 Å². The van der Waals surface area contributed by atoms with Crippen molar-refractivity contribution in [2.45, 2.75) is 37.9 Å². The quantitative estimate of drug-likeness (QED) is 0.375. The van der Waals surface area contributed by atoms with E-state index in [9.17, 15) is 15.0 Å². The van der Waals surface area contributed by atoms with Crippen LogP contribution in [0.3, 0.4) is 0 Å². The van der Waals surface area contributed by atoms with E-state index in [0.29, 0.717) is 5.75 Å². The van der Waals surface area contributed by atoms with Crippen molar-refractivity contribution in [3.05, 3.63) is 41.7 Å². The first-order valence-corrected chi connectivity index (χ1v) is 9.58. The van der Waals surface area contributed by atoms with Gasteiger partial charge >= 0.3 is 0 Å². The lowest BCUT2D eigenvalue weighted by molar-refractivity contribution is -0.0936. The van der Waals surface area contributed by atoms with Gasteiger partial charge in [0, 0.05) is 0 Å². The number of fused-ring (bicyclic) bond motifs is 1. The zero-order valence-corrected chi connectivity index (χ0v) is 17.0. The molecule has 0 radical (unpaired) electrons. The predicted octanol–water partition coefficient (Wildman–Crippen LogP) is 0.0913. The van der Waals surface area contributed by atoms with Gasteiger partial charge in [-0.3, -0.25) is 9.36 Å². The number of aliphatic hydroxyl groups excluding tert-OH is 1. The molecule has 1 fully saturated rings. The lowest BCUT2D eigenvalue weighted by atomic mass is 9.96. The van der Waals surface area contributed by atoms with E-state index < -0.39 is 29.9 Å². The highest BCUT2D eigenvalue weighted by Crippen LogP contribution is 2.43. The van der Waals surface area contributed by atoms with Crippen LogP contribution in [-0.4, -0.2) is 55.1 Å². The first kappa shape index (κ1) is 20.8. The van der Waals surface area contributed by atoms with E-state index in [-0.39, 0.29) is 34.8 Å². The fraction of sp³-hybridized carbons (Fsp3) is 0.350. The van der Waals surface area contributed by atoms with Crippen molar-refractivity contribution in [3.8, 4) is 5.75 Å². The molecule has 3 aromatic rings. The Morgan fingerprint density at radius 3 is 2.71 bits per heavy atom. The number of nitrogens with zero attached hydrogens (tertiary/aromatic N) is 3. The van der Waals surface area contributed by atoms with Gasteiger partial charge in [0.15, 0.2) is 6.23 Å². The molecular weight excluding hydrogens is 404 g/mol. The van der Waals surface area contributed by atoms with Crippen LogP contribution in [0.25, 0.3) is 11.0 Å². The molecule has 164 valence electrons. The average molecular weight is 428 g/mol. The summed E-state index contributed by atoms with van der Waals surface area (Å²) < 4.78 is 13.1. The second-order valence-electron chi connectivity index (χ2n) is 7.73. The zero-order valence-electron chi connectivity index (χ0n) is 17.0. The number of aliphatic hydroxyl groups is 2. The number of carbonyl (C=O) groups excluding carboxylic acids is 1. The van der Waals surface area contributed by atoms with Crippen molar-refractivity contribution in [1.82, 2.24) is 14.5 Å². The maximum absolute atomic E-state index is 12.0. The predicted molar refractivity (Wildman–Crippen MR) is 112 cm³/mol. The second-order valence-corrected chi connectivity index (χ2v) is 7.73. The Labute approximate surface area is 177 Å². The number of carbonyl (C=O) groups is 1. The SMILES string of the molecule is Cc1ccccc1OC[C@H]1O[C@@H](n2c(N)c(C(N)=O)c3c(N)ncnc32)[C@](C)(O)[C@@H]1O. The third kappa shape index (κ3) is 3.23. The van der Waals surface area contributed by atoms with Gasteiger partial charge in [-0.1, -0.05) is 18.2 Å². The van der Waals surface area contributed by atoms with Crippen LogP contribution in [0, 0.1) is 6.92 Å². The number of aryl methyl sites for hydroxylation is 1. The molecule has 11 nitrogen and oxygen atoms in total. The molecule has 1 saturated heterocycles. The number of nitrogens with two attached hydrogens (primary N) is 3. The van der Waals surface area contributed by atoms with E-state index in [1.165, 1.54) is 17.8 Å². The van der Waals surface area contributed by atoms with Gasteiger partial charge in [-0.15, -0.1) is 0 Å². The monoisotopic (exact) mass is 428 g/mol. The lowest BCUT2D eigenvalue weighted by Gasteiger charge is -2.28. The van der Waals surface area contributed by atoms with Crippen LogP contribution in [0.15, 0.2) is 30.6 Å². The van der Waals surface area contributed by atoms with Crippen molar-refractivity contribution >= 4 is 28.6 Å². The molecule has 1 amide bonds. The van der Waals surface area contributed by atoms with E-state index >= 15 is 0 Å². The summed E-state index contributed by atoms with van der Waals surface area (Å²) in [6.07, 6.45) is -2.22. The number of aromatic nitrogens is 3. The summed E-state index contributed by atoms with van der Waals surface area (Å²) in [5.41, 5.74) is 16.8. The number of hydrogen-bond acceptors (Lipinski definition) is 9. The molecule has 0 spiro atoms. The Morgan fingerprint density at radius 2 is 2.03 bits per heavy atom. The van der Waals surface area contributed by atoms with Crippen LogP contribution in [0.1, 0.15) is 29.1 Å². The van der Waals surface area contributed by atoms with E-state index in [0.717, 1.165) is 5.56 Å². The van der Waals surface area contributed by atoms with Gasteiger partial charge in [0.25, 0.3) is 5.91 Å². The molecule has 0 aliphatic carbocycles. The summed E-state index contributed by atoms with van der Waals surface area (Å²) in [7, 11) is 0. The minimum Gasteiger partial charge on any atom is -0.491 e. The number of hydrogen-bond donors (Lipinski definition) is 5. The van der Waals surface area contributed by atoms with Crippen molar-refractivity contribution in [1.29, 1.82) is 0 Å². The maximum atomic E-state index is 12.0. The molecule has 2 aromatic heterocycles. The number of ether oxygens (including phenoxy) is 2. The summed E-state index contributed by atoms with van der Waals surface area (Å²) in [6, 6.07) is 7.40. The van der Waals surface area contributed by atoms with Gasteiger partial charge in [-0.2, -0.15) is 0 Å². The second kappa shape index (κ2) is 7.38. The smallest absolute Gasteiger partial charge is 0.253 e. The largest absolute Gasteiger partial charge is 0.491 e. The number of nitrogen functional groups attached to an aromatic ring is 2. The summed E-state index contributed by atoms with van der Waals surface area (Å²) in [5, 5.41) is 22.0. The number of rotatable bonds is 5. The molecule has 31 heavy (non-hydrogen) atoms. The zero-order chi connectivity index (χ0) is 22.5. The molecule has 0 bridgehead atoms. The van der Waals surface area contributed by atoms with Crippen LogP contribution >= 0.6 is 0 Å². The molecule has 3 heterocycles. The molecule has 4 rings (SSSR count). The molecule has 0 unspecified atom stereocenters. The van der Waals surface area contributed by atoms with Gasteiger partial charge in [0.2, 0.25) is 0 Å². The van der Waals surface area contributed by atoms with Gasteiger partial charge < -0.3 is 36.9 Å². The maximum Gasteiger partial charge on any atom is 0.253 e. The molecule has 0 saturated carbocycles. The Bertz CT molecular complexity index is 1160. The number of benzene rings is 1. The average Bonchev–Trinajstić information content (AvgIpc) is 3.13. The molecule has 1 aliphatic heterocycles. The van der Waals surface area contributed by atoms with Crippen molar-refractivity contribution in [3.63, 3.8) is 0 Å². The van der Waals surface area contributed by atoms with Crippen LogP contribution in [-0.2, 0) is 4.74 Å². The number of para-hydroxylation sites is 1. The Kier molecular flexibility index (Phi) is 4.96. The summed E-state index contributed by atoms with van der Waals surface area (Å²) in [4.78, 5) is 20.1. The lowest BCUT2D eigenvalue weighted by Crippen LogP contribution is -2.44. The third-order valence-electron chi connectivity index (χ3n) is 5.58. The summed E-state index contributed by atoms with van der Waals surface area (Å²) in [6.45, 7) is 3.26. The first-order chi connectivity index (χ1) is 14.6. The number of anilines is 2. The minimum absolute atomic E-state index is 0.00174. The molecular formula is C20H24N6O5. The molecule has 1 aromatic carbocycles. The van der Waals surface area contributed by atoms with Crippen molar-refractivity contribution in [2.24, 2.45) is 5.73 Å². The van der Waals surface area contributed by atoms with E-state index in [2.05, 4.69) is 9.97 Å². The Balaban J connectivity index is 1.73. The highest BCUT2D eigenvalue weighted by atomic mass is 16.6. The molecule has 8 N–H and O–H groups in total. The highest BCUT2D eigenvalue weighted by molar-refractivity contribution is 6.13. The first-order valence-electron chi connectivity index (χ1n) is 9.58. The van der Waals surface area contributed by atoms with Gasteiger partial charge in [0.1, 0.15) is 53.8 Å².